The summed E-state index contributed by atoms with van der Waals surface area (Å²) in [6, 6.07) is 51.5. The van der Waals surface area contributed by atoms with Crippen molar-refractivity contribution in [3.8, 4) is 0 Å². The number of nitrogens with two attached hydrogens (primary N) is 1. The summed E-state index contributed by atoms with van der Waals surface area (Å²) >= 11 is 0. The van der Waals surface area contributed by atoms with Crippen LogP contribution in [0.2, 0.25) is 0 Å². The minimum absolute atomic E-state index is 0.0902. The third-order valence-corrected chi connectivity index (χ3v) is 8.96. The van der Waals surface area contributed by atoms with Crippen molar-refractivity contribution in [2.75, 3.05) is 13.6 Å². The van der Waals surface area contributed by atoms with E-state index in [9.17, 15) is 5.11 Å². The first-order valence-corrected chi connectivity index (χ1v) is 18.4. The van der Waals surface area contributed by atoms with E-state index in [0.717, 1.165) is 31.4 Å². The molecule has 4 heteroatoms. The molecule has 0 fully saturated rings. The van der Waals surface area contributed by atoms with Crippen LogP contribution in [0, 0.1) is 0 Å². The highest BCUT2D eigenvalue weighted by Crippen LogP contribution is 2.27. The van der Waals surface area contributed by atoms with Crippen LogP contribution >= 0.6 is 0 Å². The van der Waals surface area contributed by atoms with Crippen molar-refractivity contribution in [1.29, 1.82) is 0 Å². The summed E-state index contributed by atoms with van der Waals surface area (Å²) in [5, 5.41) is 16.4. The summed E-state index contributed by atoms with van der Waals surface area (Å²) in [4.78, 5) is 0. The molecule has 4 nitrogen and oxygen atoms in total. The van der Waals surface area contributed by atoms with Gasteiger partial charge in [-0.25, -0.2) is 0 Å². The molecule has 5 rings (SSSR count). The minimum Gasteiger partial charge on any atom is -0.387 e. The normalized spacial score (nSPS) is 13.2. The van der Waals surface area contributed by atoms with Crippen LogP contribution in [0.1, 0.15) is 85.9 Å². The molecule has 4 atom stereocenters. The number of hydrogen-bond donors (Lipinski definition) is 4. The van der Waals surface area contributed by atoms with Gasteiger partial charge in [0.05, 0.1) is 6.10 Å². The Morgan fingerprint density at radius 3 is 1.54 bits per heavy atom. The summed E-state index contributed by atoms with van der Waals surface area (Å²) in [6.45, 7) is 9.51. The Bertz CT molecular complexity index is 1500. The summed E-state index contributed by atoms with van der Waals surface area (Å²) in [5.74, 6) is 0.443. The van der Waals surface area contributed by atoms with E-state index in [1.54, 1.807) is 0 Å². The number of rotatable bonds is 15. The molecule has 0 saturated carbocycles. The number of likely N-dealkylation sites (N-methyl/N-ethyl adjacent to an activating group) is 1. The number of aliphatic hydroxyl groups is 1. The van der Waals surface area contributed by atoms with Gasteiger partial charge in [0.1, 0.15) is 0 Å². The maximum Gasteiger partial charge on any atom is 0.0940 e. The highest BCUT2D eigenvalue weighted by molar-refractivity contribution is 5.32. The van der Waals surface area contributed by atoms with Crippen LogP contribution in [0.4, 0.5) is 0 Å². The maximum atomic E-state index is 9.73. The van der Waals surface area contributed by atoms with Crippen molar-refractivity contribution in [3.05, 3.63) is 179 Å². The van der Waals surface area contributed by atoms with E-state index in [1.165, 1.54) is 40.7 Å². The molecule has 0 aliphatic heterocycles. The van der Waals surface area contributed by atoms with Gasteiger partial charge in [-0.2, -0.15) is 0 Å². The lowest BCUT2D eigenvalue weighted by Gasteiger charge is -2.20. The molecule has 0 saturated heterocycles. The molecule has 0 amide bonds. The average molecular weight is 672 g/mol. The van der Waals surface area contributed by atoms with Crippen LogP contribution in [0.3, 0.4) is 0 Å². The fraction of sp³-hybridized carbons (Fsp3) is 0.348. The fourth-order valence-electron chi connectivity index (χ4n) is 6.12. The molecule has 5 N–H and O–H groups in total. The van der Waals surface area contributed by atoms with E-state index >= 15 is 0 Å². The lowest BCUT2D eigenvalue weighted by Crippen LogP contribution is -2.30. The van der Waals surface area contributed by atoms with E-state index in [-0.39, 0.29) is 12.1 Å². The molecule has 0 spiro atoms. The van der Waals surface area contributed by atoms with Gasteiger partial charge in [0.25, 0.3) is 0 Å². The highest BCUT2D eigenvalue weighted by atomic mass is 16.3. The summed E-state index contributed by atoms with van der Waals surface area (Å²) < 4.78 is 0. The summed E-state index contributed by atoms with van der Waals surface area (Å²) in [5.41, 5.74) is 13.8. The second kappa shape index (κ2) is 23.4. The van der Waals surface area contributed by atoms with Gasteiger partial charge in [-0.15, -0.1) is 0 Å². The molecule has 2 unspecified atom stereocenters. The predicted molar refractivity (Wildman–Crippen MR) is 215 cm³/mol. The van der Waals surface area contributed by atoms with E-state index in [4.69, 9.17) is 5.73 Å². The van der Waals surface area contributed by atoms with Crippen molar-refractivity contribution in [1.82, 2.24) is 10.6 Å². The second-order valence-electron chi connectivity index (χ2n) is 13.3. The van der Waals surface area contributed by atoms with Crippen LogP contribution in [-0.4, -0.2) is 36.8 Å². The number of nitrogens with one attached hydrogen (secondary N) is 2. The molecule has 0 aromatic heterocycles. The predicted octanol–water partition coefficient (Wildman–Crippen LogP) is 9.29. The molecule has 266 valence electrons. The quantitative estimate of drug-likeness (QED) is 0.0896. The second-order valence-corrected chi connectivity index (χ2v) is 13.3. The smallest absolute Gasteiger partial charge is 0.0940 e. The Morgan fingerprint density at radius 2 is 1.06 bits per heavy atom. The van der Waals surface area contributed by atoms with Gasteiger partial charge in [-0.1, -0.05) is 159 Å². The van der Waals surface area contributed by atoms with Crippen molar-refractivity contribution >= 4 is 0 Å². The molecule has 0 heterocycles. The lowest BCUT2D eigenvalue weighted by atomic mass is 9.88. The fourth-order valence-corrected chi connectivity index (χ4v) is 6.12. The van der Waals surface area contributed by atoms with Crippen molar-refractivity contribution in [3.63, 3.8) is 0 Å². The standard InChI is InChI=1S/C24H27N.C12H19N.C10H15NO/c1-20(19-21-11-5-2-6-12-21)25-18-17-24(22-13-7-3-8-14-22)23-15-9-4-10-16-23;1-3-6-11-7-4-5-8-12(11)9-10(2)13;1-8(11-2)10(12)9-6-4-3-5-7-9/h2-16,20,24-25H,17-19H2,1H3;4-5,7-8,10H,3,6,9,13H2,1-2H3;3-8,10-12H,1-2H3/t;;8-,10+/m..0/s1. The first-order valence-electron chi connectivity index (χ1n) is 18.4. The summed E-state index contributed by atoms with van der Waals surface area (Å²) in [6.07, 6.45) is 5.13. The van der Waals surface area contributed by atoms with E-state index < -0.39 is 6.10 Å². The Balaban J connectivity index is 0.000000227. The third-order valence-electron chi connectivity index (χ3n) is 8.96. The Labute approximate surface area is 303 Å². The van der Waals surface area contributed by atoms with Gasteiger partial charge in [-0.3, -0.25) is 0 Å². The molecular formula is C46H61N3O. The Kier molecular flexibility index (Phi) is 18.9. The van der Waals surface area contributed by atoms with Crippen molar-refractivity contribution in [2.45, 2.75) is 89.9 Å². The third kappa shape index (κ3) is 14.8. The van der Waals surface area contributed by atoms with Gasteiger partial charge >= 0.3 is 0 Å². The minimum atomic E-state index is -0.420. The zero-order valence-corrected chi connectivity index (χ0v) is 31.0. The van der Waals surface area contributed by atoms with Gasteiger partial charge in [-0.05, 0) is 93.4 Å². The molecule has 0 aliphatic rings. The van der Waals surface area contributed by atoms with Crippen LogP contribution in [0.25, 0.3) is 0 Å². The zero-order chi connectivity index (χ0) is 36.0. The SMILES string of the molecule is CC(Cc1ccccc1)NCCC(c1ccccc1)c1ccccc1.CCCc1ccccc1CC(C)N.CN[C@@H](C)[C@@H](O)c1ccccc1. The molecule has 0 radical (unpaired) electrons. The lowest BCUT2D eigenvalue weighted by molar-refractivity contribution is 0.140. The molecule has 0 bridgehead atoms. The van der Waals surface area contributed by atoms with Crippen LogP contribution in [0.15, 0.2) is 146 Å². The first kappa shape index (κ1) is 40.4. The molecule has 0 aliphatic carbocycles. The highest BCUT2D eigenvalue weighted by Gasteiger charge is 2.15. The summed E-state index contributed by atoms with van der Waals surface area (Å²) in [7, 11) is 1.84. The van der Waals surface area contributed by atoms with Gasteiger partial charge < -0.3 is 21.5 Å². The molecule has 5 aromatic carbocycles. The average Bonchev–Trinajstić information content (AvgIpc) is 3.15. The van der Waals surface area contributed by atoms with Gasteiger partial charge in [0, 0.05) is 24.0 Å². The van der Waals surface area contributed by atoms with E-state index in [0.29, 0.717) is 12.0 Å². The largest absolute Gasteiger partial charge is 0.387 e. The topological polar surface area (TPSA) is 70.3 Å². The number of aliphatic hydroxyl groups excluding tert-OH is 1. The van der Waals surface area contributed by atoms with Crippen molar-refractivity contribution < 1.29 is 5.11 Å². The maximum absolute atomic E-state index is 9.73. The molecular weight excluding hydrogens is 611 g/mol. The van der Waals surface area contributed by atoms with E-state index in [1.807, 2.05) is 44.3 Å². The van der Waals surface area contributed by atoms with E-state index in [2.05, 4.69) is 147 Å². The monoisotopic (exact) mass is 671 g/mol. The van der Waals surface area contributed by atoms with Crippen LogP contribution < -0.4 is 16.4 Å². The Hall–Kier alpha value is -4.06. The van der Waals surface area contributed by atoms with Crippen LogP contribution in [-0.2, 0) is 19.3 Å². The van der Waals surface area contributed by atoms with Crippen molar-refractivity contribution in [2.24, 2.45) is 5.73 Å². The first-order chi connectivity index (χ1) is 24.3. The number of benzene rings is 5. The van der Waals surface area contributed by atoms with Gasteiger partial charge in [0.15, 0.2) is 0 Å². The molecule has 5 aromatic rings. The zero-order valence-electron chi connectivity index (χ0n) is 31.0. The number of aryl methyl sites for hydroxylation is 1. The molecule has 50 heavy (non-hydrogen) atoms. The Morgan fingerprint density at radius 1 is 0.600 bits per heavy atom. The van der Waals surface area contributed by atoms with Gasteiger partial charge in [0.2, 0.25) is 0 Å². The number of hydrogen-bond acceptors (Lipinski definition) is 4. The van der Waals surface area contributed by atoms with Crippen LogP contribution in [0.5, 0.6) is 0 Å².